The van der Waals surface area contributed by atoms with E-state index in [1.54, 1.807) is 0 Å². The molecular formula is C74H65N5O10. The maximum Gasteiger partial charge on any atom is 0.258 e. The second-order valence-corrected chi connectivity index (χ2v) is 27.5. The summed E-state index contributed by atoms with van der Waals surface area (Å²) < 4.78 is 0. The molecule has 12 aliphatic rings. The summed E-state index contributed by atoms with van der Waals surface area (Å²) in [6.07, 6.45) is 17.1. The second kappa shape index (κ2) is 18.3. The highest BCUT2D eigenvalue weighted by Gasteiger charge is 2.86. The number of imide groups is 5. The largest absolute Gasteiger partial charge is 0.269 e. The molecule has 8 atom stereocenters. The smallest absolute Gasteiger partial charge is 0.258 e. The van der Waals surface area contributed by atoms with Crippen LogP contribution in [0.5, 0.6) is 0 Å². The molecule has 15 heteroatoms. The fraction of sp³-hybridized carbons (Fsp3) is 0.324. The van der Waals surface area contributed by atoms with E-state index in [-0.39, 0.29) is 17.8 Å². The van der Waals surface area contributed by atoms with Gasteiger partial charge in [-0.3, -0.25) is 47.9 Å². The van der Waals surface area contributed by atoms with Crippen molar-refractivity contribution in [3.63, 3.8) is 0 Å². The summed E-state index contributed by atoms with van der Waals surface area (Å²) >= 11 is 0. The Bertz CT molecular complexity index is 4330. The second-order valence-electron chi connectivity index (χ2n) is 27.5. The molecule has 0 aromatic heterocycles. The van der Waals surface area contributed by atoms with Gasteiger partial charge in [-0.1, -0.05) is 60.7 Å². The van der Waals surface area contributed by atoms with Gasteiger partial charge in [-0.2, -0.15) is 0 Å². The lowest BCUT2D eigenvalue weighted by Gasteiger charge is -2.87. The number of aryl methyl sites for hydroxylation is 10. The predicted molar refractivity (Wildman–Crippen MR) is 334 cm³/mol. The van der Waals surface area contributed by atoms with Gasteiger partial charge in [0.15, 0.2) is 0 Å². The molecule has 8 unspecified atom stereocenters. The lowest BCUT2D eigenvalue weighted by Crippen LogP contribution is -2.85. The Kier molecular flexibility index (Phi) is 11.5. The van der Waals surface area contributed by atoms with Crippen LogP contribution in [0.3, 0.4) is 0 Å². The van der Waals surface area contributed by atoms with E-state index in [4.69, 9.17) is 0 Å². The molecular weight excluding hydrogens is 1120 g/mol. The number of carbonyl (C=O) groups excluding carboxylic acids is 10. The average Bonchev–Trinajstić information content (AvgIpc) is 1.13. The summed E-state index contributed by atoms with van der Waals surface area (Å²) in [6, 6.07) is 22.1. The number of anilines is 5. The Balaban J connectivity index is 1.06. The number of carbonyl (C=O) groups is 10. The number of benzene rings is 5. The van der Waals surface area contributed by atoms with Gasteiger partial charge in [-0.25, -0.2) is 24.5 Å². The quantitative estimate of drug-likeness (QED) is 0.122. The van der Waals surface area contributed by atoms with Gasteiger partial charge in [-0.15, -0.1) is 0 Å². The lowest BCUT2D eigenvalue weighted by molar-refractivity contribution is -0.269. The third-order valence-electron chi connectivity index (χ3n) is 22.9. The van der Waals surface area contributed by atoms with Crippen molar-refractivity contribution in [2.75, 3.05) is 24.5 Å². The first-order valence-electron chi connectivity index (χ1n) is 30.6. The summed E-state index contributed by atoms with van der Waals surface area (Å²) in [5.74, 6) is -4.52. The van der Waals surface area contributed by atoms with E-state index in [0.717, 1.165) is 96.3 Å². The zero-order valence-electron chi connectivity index (χ0n) is 51.3. The highest BCUT2D eigenvalue weighted by molar-refractivity contribution is 6.31. The normalized spacial score (nSPS) is 29.4. The third-order valence-corrected chi connectivity index (χ3v) is 22.9. The van der Waals surface area contributed by atoms with Gasteiger partial charge in [0, 0.05) is 77.0 Å². The van der Waals surface area contributed by atoms with Crippen LogP contribution in [0.1, 0.15) is 122 Å². The van der Waals surface area contributed by atoms with Crippen LogP contribution in [-0.4, -0.2) is 59.1 Å². The first-order chi connectivity index (χ1) is 42.2. The number of rotatable bonds is 10. The van der Waals surface area contributed by atoms with Crippen molar-refractivity contribution in [3.05, 3.63) is 205 Å². The SMILES string of the molecule is Cc1cc(C23CC4C5CC6(c7cc(C)c(N8C(=O)C=CC8=O)c(C)c7)CC4(c4cc(C)c(N7C(=O)C=CC7=O)c(C)c4)C(C2)C(c2cc(C)c(N4C(=O)C=CC4=O)c(C)c2)(C6)C5(c2cc(C)c(N4C(=O)C=CC4=O)c(C)c2)C3)cc(C)c1N1C(=O)C=CC1=O. The molecule has 0 N–H and O–H groups in total. The minimum absolute atomic E-state index is 0.0601. The molecule has 5 aromatic rings. The third kappa shape index (κ3) is 7.04. The molecule has 446 valence electrons. The zero-order chi connectivity index (χ0) is 62.8. The Labute approximate surface area is 515 Å². The predicted octanol–water partition coefficient (Wildman–Crippen LogP) is 10.2. The fourth-order valence-corrected chi connectivity index (χ4v) is 20.5. The van der Waals surface area contributed by atoms with Crippen molar-refractivity contribution < 1.29 is 47.9 Å². The van der Waals surface area contributed by atoms with Crippen molar-refractivity contribution >= 4 is 87.5 Å². The maximum absolute atomic E-state index is 13.7. The summed E-state index contributed by atoms with van der Waals surface area (Å²) in [5, 5.41) is 0. The van der Waals surface area contributed by atoms with Crippen LogP contribution in [0.4, 0.5) is 28.4 Å². The van der Waals surface area contributed by atoms with Crippen molar-refractivity contribution in [1.82, 2.24) is 0 Å². The number of hydrogen-bond acceptors (Lipinski definition) is 10. The topological polar surface area (TPSA) is 187 Å². The van der Waals surface area contributed by atoms with E-state index in [0.29, 0.717) is 54.1 Å². The Morgan fingerprint density at radius 1 is 0.270 bits per heavy atom. The minimum atomic E-state index is -0.832. The average molecular weight is 1180 g/mol. The molecule has 10 amide bonds. The summed E-state index contributed by atoms with van der Waals surface area (Å²) in [6.45, 7) is 19.7. The van der Waals surface area contributed by atoms with Gasteiger partial charge >= 0.3 is 0 Å². The van der Waals surface area contributed by atoms with Crippen LogP contribution < -0.4 is 24.5 Å². The molecule has 5 heterocycles. The molecule has 7 aliphatic carbocycles. The van der Waals surface area contributed by atoms with Crippen LogP contribution in [0.15, 0.2) is 121 Å². The molecule has 7 fully saturated rings. The molecule has 0 radical (unpaired) electrons. The van der Waals surface area contributed by atoms with Gasteiger partial charge < -0.3 is 0 Å². The van der Waals surface area contributed by atoms with Gasteiger partial charge in [0.25, 0.3) is 59.1 Å². The number of nitrogens with zero attached hydrogens (tertiary/aromatic N) is 5. The van der Waals surface area contributed by atoms with Gasteiger partial charge in [-0.05, 0) is 220 Å². The Morgan fingerprint density at radius 3 is 0.809 bits per heavy atom. The summed E-state index contributed by atoms with van der Waals surface area (Å²) in [7, 11) is 0. The van der Waals surface area contributed by atoms with Crippen molar-refractivity contribution in [2.24, 2.45) is 17.8 Å². The highest BCUT2D eigenvalue weighted by atomic mass is 16.2. The van der Waals surface area contributed by atoms with Crippen LogP contribution >= 0.6 is 0 Å². The lowest BCUT2D eigenvalue weighted by atomic mass is 9.16. The van der Waals surface area contributed by atoms with Gasteiger partial charge in [0.05, 0.1) is 28.4 Å². The van der Waals surface area contributed by atoms with Crippen molar-refractivity contribution in [1.29, 1.82) is 0 Å². The number of amides is 10. The van der Waals surface area contributed by atoms with E-state index >= 15 is 0 Å². The van der Waals surface area contributed by atoms with E-state index in [2.05, 4.69) is 60.7 Å². The number of hydrogen-bond donors (Lipinski definition) is 0. The molecule has 8 bridgehead atoms. The van der Waals surface area contributed by atoms with Crippen LogP contribution in [-0.2, 0) is 75.0 Å². The summed E-state index contributed by atoms with van der Waals surface area (Å²) in [5.41, 5.74) is 12.4. The Morgan fingerprint density at radius 2 is 0.506 bits per heavy atom. The molecule has 0 saturated heterocycles. The standard InChI is InChI=1S/C74H65N5O10/c1-37-21-47(22-38(2)65(37)75-55(80)11-12-56(75)81)70-31-52-53-32-71(48-23-39(3)66(40(4)24-48)76-57(82)13-14-58(76)83)34-72(52,49-25-41(5)67(42(6)26-49)77-59(84)15-16-60(77)85)54(33-70)74(36-71,51-29-45(9)69(46(10)30-51)79-63(88)19-20-64(79)89)73(53,35-70)50-27-43(7)68(44(8)28-50)78-61(86)17-18-62(78)87/h11-30,52-54H,31-36H2,1-10H3. The first-order valence-corrected chi connectivity index (χ1v) is 30.6. The maximum atomic E-state index is 13.7. The van der Waals surface area contributed by atoms with Crippen molar-refractivity contribution in [2.45, 2.75) is 135 Å². The molecule has 17 rings (SSSR count). The highest BCUT2D eigenvalue weighted by Crippen LogP contribution is 2.88. The van der Waals surface area contributed by atoms with Crippen LogP contribution in [0.25, 0.3) is 0 Å². The van der Waals surface area contributed by atoms with E-state index in [1.807, 2.05) is 69.2 Å². The Hall–Kier alpha value is -9.50. The van der Waals surface area contributed by atoms with E-state index < -0.39 is 86.1 Å². The molecule has 89 heavy (non-hydrogen) atoms. The zero-order valence-corrected chi connectivity index (χ0v) is 51.3. The first kappa shape index (κ1) is 56.0. The molecule has 0 spiro atoms. The molecule has 5 aliphatic heterocycles. The molecule has 7 saturated carbocycles. The minimum Gasteiger partial charge on any atom is -0.269 e. The van der Waals surface area contributed by atoms with Crippen molar-refractivity contribution in [3.8, 4) is 0 Å². The van der Waals surface area contributed by atoms with Gasteiger partial charge in [0.2, 0.25) is 0 Å². The van der Waals surface area contributed by atoms with E-state index in [9.17, 15) is 47.9 Å². The van der Waals surface area contributed by atoms with E-state index in [1.165, 1.54) is 85.3 Å². The molecule has 15 nitrogen and oxygen atoms in total. The monoisotopic (exact) mass is 1180 g/mol. The molecule has 5 aromatic carbocycles. The van der Waals surface area contributed by atoms with Crippen LogP contribution in [0.2, 0.25) is 0 Å². The van der Waals surface area contributed by atoms with Crippen LogP contribution in [0, 0.1) is 87.0 Å². The fourth-order valence-electron chi connectivity index (χ4n) is 20.5. The van der Waals surface area contributed by atoms with Gasteiger partial charge in [0.1, 0.15) is 0 Å². The summed E-state index contributed by atoms with van der Waals surface area (Å²) in [4.78, 5) is 142.